The van der Waals surface area contributed by atoms with Crippen molar-refractivity contribution in [1.29, 1.82) is 0 Å². The first-order chi connectivity index (χ1) is 8.09. The van der Waals surface area contributed by atoms with Crippen LogP contribution in [0.3, 0.4) is 0 Å². The zero-order chi connectivity index (χ0) is 12.4. The number of aryl methyl sites for hydroxylation is 1. The van der Waals surface area contributed by atoms with Crippen molar-refractivity contribution in [2.75, 3.05) is 0 Å². The van der Waals surface area contributed by atoms with Gasteiger partial charge in [0.1, 0.15) is 0 Å². The molecule has 17 heavy (non-hydrogen) atoms. The van der Waals surface area contributed by atoms with Gasteiger partial charge >= 0.3 is 0 Å². The van der Waals surface area contributed by atoms with Gasteiger partial charge in [0.05, 0.1) is 17.6 Å². The van der Waals surface area contributed by atoms with E-state index >= 15 is 0 Å². The molecule has 90 valence electrons. The van der Waals surface area contributed by atoms with E-state index in [0.717, 1.165) is 23.4 Å². The van der Waals surface area contributed by atoms with E-state index in [4.69, 9.17) is 0 Å². The third kappa shape index (κ3) is 2.33. The summed E-state index contributed by atoms with van der Waals surface area (Å²) in [6.45, 7) is 6.32. The molecule has 2 aromatic rings. The topological polar surface area (TPSA) is 38.0 Å². The molecule has 0 aliphatic carbocycles. The third-order valence-corrected chi connectivity index (χ3v) is 2.79. The molecule has 0 fully saturated rings. The van der Waals surface area contributed by atoms with Crippen molar-refractivity contribution in [3.8, 4) is 11.4 Å². The van der Waals surface area contributed by atoms with Crippen LogP contribution in [0.2, 0.25) is 0 Å². The van der Waals surface area contributed by atoms with Crippen LogP contribution in [-0.2, 0) is 6.42 Å². The van der Waals surface area contributed by atoms with Gasteiger partial charge in [-0.1, -0.05) is 32.0 Å². The van der Waals surface area contributed by atoms with Gasteiger partial charge in [-0.15, -0.1) is 0 Å². The van der Waals surface area contributed by atoms with Crippen LogP contribution in [0.15, 0.2) is 30.5 Å². The molecule has 0 aliphatic heterocycles. The van der Waals surface area contributed by atoms with E-state index < -0.39 is 0 Å². The molecule has 3 nitrogen and oxygen atoms in total. The number of hydrogen-bond acceptors (Lipinski definition) is 2. The summed E-state index contributed by atoms with van der Waals surface area (Å²) in [6, 6.07) is 8.06. The summed E-state index contributed by atoms with van der Waals surface area (Å²) in [5, 5.41) is 14.1. The number of nitrogens with zero attached hydrogens (tertiary/aromatic N) is 2. The molecule has 0 saturated carbocycles. The van der Waals surface area contributed by atoms with E-state index in [-0.39, 0.29) is 5.75 Å². The maximum absolute atomic E-state index is 9.85. The molecular formula is C14H18N2O. The smallest absolute Gasteiger partial charge is 0.157 e. The second-order valence-corrected chi connectivity index (χ2v) is 4.77. The average Bonchev–Trinajstić information content (AvgIpc) is 2.61. The van der Waals surface area contributed by atoms with E-state index in [9.17, 15) is 5.11 Å². The van der Waals surface area contributed by atoms with Crippen LogP contribution in [0, 0.1) is 12.8 Å². The fraction of sp³-hybridized carbons (Fsp3) is 0.357. The molecule has 0 spiro atoms. The second-order valence-electron chi connectivity index (χ2n) is 4.77. The number of aromatic hydroxyl groups is 1. The molecule has 1 heterocycles. The predicted octanol–water partition coefficient (Wildman–Crippen LogP) is 3.08. The van der Waals surface area contributed by atoms with Crippen molar-refractivity contribution in [2.24, 2.45) is 5.92 Å². The highest BCUT2D eigenvalue weighted by atomic mass is 16.3. The number of para-hydroxylation sites is 1. The minimum absolute atomic E-state index is 0.280. The summed E-state index contributed by atoms with van der Waals surface area (Å²) >= 11 is 0. The monoisotopic (exact) mass is 230 g/mol. The van der Waals surface area contributed by atoms with Gasteiger partial charge in [0.25, 0.3) is 0 Å². The van der Waals surface area contributed by atoms with Crippen molar-refractivity contribution in [3.63, 3.8) is 0 Å². The molecule has 3 heteroatoms. The highest BCUT2D eigenvalue weighted by molar-refractivity contribution is 5.43. The van der Waals surface area contributed by atoms with Gasteiger partial charge in [0.15, 0.2) is 5.75 Å². The first-order valence-corrected chi connectivity index (χ1v) is 5.91. The first-order valence-electron chi connectivity index (χ1n) is 5.91. The summed E-state index contributed by atoms with van der Waals surface area (Å²) < 4.78 is 1.84. The van der Waals surface area contributed by atoms with Crippen LogP contribution in [-0.4, -0.2) is 14.9 Å². The number of aromatic nitrogens is 2. The van der Waals surface area contributed by atoms with Crippen molar-refractivity contribution in [1.82, 2.24) is 9.78 Å². The lowest BCUT2D eigenvalue weighted by molar-refractivity contribution is 0.460. The number of rotatable bonds is 3. The van der Waals surface area contributed by atoms with Crippen LogP contribution in [0.4, 0.5) is 0 Å². The van der Waals surface area contributed by atoms with Gasteiger partial charge in [0, 0.05) is 0 Å². The fourth-order valence-corrected chi connectivity index (χ4v) is 1.95. The van der Waals surface area contributed by atoms with Crippen molar-refractivity contribution >= 4 is 0 Å². The van der Waals surface area contributed by atoms with Gasteiger partial charge in [-0.25, -0.2) is 4.68 Å². The third-order valence-electron chi connectivity index (χ3n) is 2.79. The standard InChI is InChI=1S/C14H18N2O/c1-10(2)8-13-14(17)9-15-16(13)12-7-5-4-6-11(12)3/h4-7,9-10,17H,8H2,1-3H3. The van der Waals surface area contributed by atoms with Crippen LogP contribution < -0.4 is 0 Å². The van der Waals surface area contributed by atoms with E-state index in [0.29, 0.717) is 5.92 Å². The Morgan fingerprint density at radius 2 is 2.00 bits per heavy atom. The number of benzene rings is 1. The molecular weight excluding hydrogens is 212 g/mol. The summed E-state index contributed by atoms with van der Waals surface area (Å²) in [5.74, 6) is 0.766. The van der Waals surface area contributed by atoms with Crippen LogP contribution in [0.1, 0.15) is 25.1 Å². The lowest BCUT2D eigenvalue weighted by Gasteiger charge is -2.11. The van der Waals surface area contributed by atoms with Crippen molar-refractivity contribution < 1.29 is 5.11 Å². The lowest BCUT2D eigenvalue weighted by Crippen LogP contribution is -2.06. The highest BCUT2D eigenvalue weighted by Gasteiger charge is 2.13. The van der Waals surface area contributed by atoms with Crippen molar-refractivity contribution in [2.45, 2.75) is 27.2 Å². The Morgan fingerprint density at radius 3 is 2.65 bits per heavy atom. The zero-order valence-corrected chi connectivity index (χ0v) is 10.5. The van der Waals surface area contributed by atoms with Crippen LogP contribution in [0.5, 0.6) is 5.75 Å². The normalized spacial score (nSPS) is 11.1. The second kappa shape index (κ2) is 4.62. The molecule has 1 aromatic carbocycles. The van der Waals surface area contributed by atoms with E-state index in [1.54, 1.807) is 0 Å². The minimum Gasteiger partial charge on any atom is -0.504 e. The Kier molecular flexibility index (Phi) is 3.18. The van der Waals surface area contributed by atoms with E-state index in [1.807, 2.05) is 35.9 Å². The Hall–Kier alpha value is -1.77. The van der Waals surface area contributed by atoms with Crippen LogP contribution >= 0.6 is 0 Å². The fourth-order valence-electron chi connectivity index (χ4n) is 1.95. The molecule has 0 aliphatic rings. The molecule has 0 radical (unpaired) electrons. The van der Waals surface area contributed by atoms with Gasteiger partial charge in [-0.2, -0.15) is 5.10 Å². The van der Waals surface area contributed by atoms with Gasteiger partial charge in [-0.3, -0.25) is 0 Å². The van der Waals surface area contributed by atoms with Gasteiger partial charge in [0.2, 0.25) is 0 Å². The van der Waals surface area contributed by atoms with Crippen LogP contribution in [0.25, 0.3) is 5.69 Å². The molecule has 1 N–H and O–H groups in total. The average molecular weight is 230 g/mol. The SMILES string of the molecule is Cc1ccccc1-n1ncc(O)c1CC(C)C. The molecule has 0 unspecified atom stereocenters. The summed E-state index contributed by atoms with van der Waals surface area (Å²) in [7, 11) is 0. The Morgan fingerprint density at radius 1 is 1.29 bits per heavy atom. The molecule has 0 amide bonds. The molecule has 0 atom stereocenters. The van der Waals surface area contributed by atoms with E-state index in [1.165, 1.54) is 6.20 Å². The molecule has 0 bridgehead atoms. The Labute approximate surface area is 102 Å². The minimum atomic E-state index is 0.280. The molecule has 2 rings (SSSR count). The quantitative estimate of drug-likeness (QED) is 0.880. The van der Waals surface area contributed by atoms with Gasteiger partial charge < -0.3 is 5.11 Å². The molecule has 0 saturated heterocycles. The Balaban J connectivity index is 2.49. The first kappa shape index (κ1) is 11.7. The number of hydrogen-bond donors (Lipinski definition) is 1. The zero-order valence-electron chi connectivity index (χ0n) is 10.5. The summed E-state index contributed by atoms with van der Waals surface area (Å²) in [5.41, 5.74) is 3.07. The summed E-state index contributed by atoms with van der Waals surface area (Å²) in [4.78, 5) is 0. The maximum Gasteiger partial charge on any atom is 0.157 e. The van der Waals surface area contributed by atoms with Crippen molar-refractivity contribution in [3.05, 3.63) is 41.7 Å². The van der Waals surface area contributed by atoms with Gasteiger partial charge in [-0.05, 0) is 30.9 Å². The lowest BCUT2D eigenvalue weighted by atomic mass is 10.1. The predicted molar refractivity (Wildman–Crippen MR) is 68.5 cm³/mol. The summed E-state index contributed by atoms with van der Waals surface area (Å²) in [6.07, 6.45) is 2.34. The maximum atomic E-state index is 9.85. The largest absolute Gasteiger partial charge is 0.504 e. The highest BCUT2D eigenvalue weighted by Crippen LogP contribution is 2.24. The Bertz CT molecular complexity index is 515. The van der Waals surface area contributed by atoms with E-state index in [2.05, 4.69) is 18.9 Å². The molecule has 1 aromatic heterocycles.